The van der Waals surface area contributed by atoms with Crippen molar-refractivity contribution in [2.24, 2.45) is 0 Å². The Morgan fingerprint density at radius 3 is 2.79 bits per heavy atom. The maximum absolute atomic E-state index is 5.91. The van der Waals surface area contributed by atoms with E-state index in [2.05, 4.69) is 9.97 Å². The van der Waals surface area contributed by atoms with Crippen molar-refractivity contribution in [3.63, 3.8) is 0 Å². The quantitative estimate of drug-likeness (QED) is 0.705. The van der Waals surface area contributed by atoms with Gasteiger partial charge in [0.2, 0.25) is 0 Å². The zero-order valence-electron chi connectivity index (χ0n) is 10.7. The zero-order chi connectivity index (χ0) is 13.2. The van der Waals surface area contributed by atoms with Crippen molar-refractivity contribution in [2.45, 2.75) is 6.42 Å². The first-order valence-corrected chi connectivity index (χ1v) is 6.12. The molecule has 0 aliphatic carbocycles. The van der Waals surface area contributed by atoms with Crippen molar-refractivity contribution in [3.8, 4) is 5.75 Å². The smallest absolute Gasteiger partial charge is 0.141 e. The molecule has 0 aliphatic heterocycles. The summed E-state index contributed by atoms with van der Waals surface area (Å²) in [6.45, 7) is 0. The zero-order valence-corrected chi connectivity index (χ0v) is 10.7. The summed E-state index contributed by atoms with van der Waals surface area (Å²) < 4.78 is 5.15. The number of para-hydroxylation sites is 2. The Bertz CT molecular complexity index is 685. The first-order chi connectivity index (χ1) is 9.26. The molecule has 3 N–H and O–H groups in total. The molecule has 0 aliphatic rings. The number of nitrogen functional groups attached to an aromatic ring is 1. The molecule has 4 nitrogen and oxygen atoms in total. The van der Waals surface area contributed by atoms with Crippen LogP contribution in [-0.4, -0.2) is 17.1 Å². The van der Waals surface area contributed by atoms with Gasteiger partial charge in [0, 0.05) is 6.42 Å². The Morgan fingerprint density at radius 2 is 2.05 bits per heavy atom. The predicted octanol–water partition coefficient (Wildman–Crippen LogP) is 2.74. The Labute approximate surface area is 111 Å². The molecule has 1 aromatic heterocycles. The fraction of sp³-hybridized carbons (Fsp3) is 0.133. The molecule has 1 heterocycles. The van der Waals surface area contributed by atoms with Gasteiger partial charge in [-0.15, -0.1) is 0 Å². The van der Waals surface area contributed by atoms with Gasteiger partial charge >= 0.3 is 0 Å². The van der Waals surface area contributed by atoms with Crippen LogP contribution in [0.25, 0.3) is 11.0 Å². The number of nitrogens with one attached hydrogen (secondary N) is 1. The van der Waals surface area contributed by atoms with Gasteiger partial charge in [0.25, 0.3) is 0 Å². The molecule has 2 aromatic carbocycles. The Hall–Kier alpha value is -2.49. The molecule has 0 unspecified atom stereocenters. The van der Waals surface area contributed by atoms with E-state index in [0.29, 0.717) is 11.4 Å². The average Bonchev–Trinajstić information content (AvgIpc) is 2.81. The summed E-state index contributed by atoms with van der Waals surface area (Å²) in [5.41, 5.74) is 9.70. The molecule has 0 bridgehead atoms. The van der Waals surface area contributed by atoms with E-state index in [1.807, 2.05) is 42.5 Å². The number of anilines is 1. The highest BCUT2D eigenvalue weighted by Crippen LogP contribution is 2.23. The molecule has 0 saturated carbocycles. The van der Waals surface area contributed by atoms with Crippen LogP contribution in [0.5, 0.6) is 5.75 Å². The van der Waals surface area contributed by atoms with Crippen LogP contribution in [-0.2, 0) is 6.42 Å². The van der Waals surface area contributed by atoms with E-state index >= 15 is 0 Å². The van der Waals surface area contributed by atoms with Crippen LogP contribution in [0, 0.1) is 0 Å². The standard InChI is InChI=1S/C15H15N3O/c1-19-14-7-6-10(8-11(14)16)9-15-17-12-4-2-3-5-13(12)18-15/h2-8H,9,16H2,1H3,(H,17,18). The van der Waals surface area contributed by atoms with Gasteiger partial charge < -0.3 is 15.5 Å². The molecule has 0 saturated heterocycles. The lowest BCUT2D eigenvalue weighted by atomic mass is 10.1. The molecule has 96 valence electrons. The minimum Gasteiger partial charge on any atom is -0.495 e. The first kappa shape index (κ1) is 11.6. The highest BCUT2D eigenvalue weighted by Gasteiger charge is 2.05. The lowest BCUT2D eigenvalue weighted by molar-refractivity contribution is 0.417. The number of ether oxygens (including phenoxy) is 1. The van der Waals surface area contributed by atoms with Gasteiger partial charge in [0.1, 0.15) is 11.6 Å². The molecule has 0 amide bonds. The third-order valence-electron chi connectivity index (χ3n) is 3.10. The van der Waals surface area contributed by atoms with E-state index in [1.54, 1.807) is 7.11 Å². The monoisotopic (exact) mass is 253 g/mol. The highest BCUT2D eigenvalue weighted by molar-refractivity contribution is 5.74. The lowest BCUT2D eigenvalue weighted by Gasteiger charge is -2.06. The summed E-state index contributed by atoms with van der Waals surface area (Å²) >= 11 is 0. The van der Waals surface area contributed by atoms with E-state index in [1.165, 1.54) is 0 Å². The van der Waals surface area contributed by atoms with Gasteiger partial charge in [-0.05, 0) is 29.8 Å². The number of benzene rings is 2. The van der Waals surface area contributed by atoms with Crippen LogP contribution in [0.2, 0.25) is 0 Å². The molecular weight excluding hydrogens is 238 g/mol. The molecule has 4 heteroatoms. The number of rotatable bonds is 3. The van der Waals surface area contributed by atoms with Crippen LogP contribution in [0.4, 0.5) is 5.69 Å². The SMILES string of the molecule is COc1ccc(Cc2nc3ccccc3[nH]2)cc1N. The number of hydrogen-bond acceptors (Lipinski definition) is 3. The second kappa shape index (κ2) is 4.65. The van der Waals surface area contributed by atoms with Gasteiger partial charge in [-0.3, -0.25) is 0 Å². The van der Waals surface area contributed by atoms with Crippen LogP contribution in [0.3, 0.4) is 0 Å². The second-order valence-electron chi connectivity index (χ2n) is 4.45. The number of fused-ring (bicyclic) bond motifs is 1. The van der Waals surface area contributed by atoms with Gasteiger partial charge in [-0.25, -0.2) is 4.98 Å². The molecular formula is C15H15N3O. The third kappa shape index (κ3) is 2.25. The predicted molar refractivity (Wildman–Crippen MR) is 76.3 cm³/mol. The van der Waals surface area contributed by atoms with Crippen LogP contribution in [0.1, 0.15) is 11.4 Å². The van der Waals surface area contributed by atoms with Crippen molar-refractivity contribution in [1.82, 2.24) is 9.97 Å². The van der Waals surface area contributed by atoms with Gasteiger partial charge in [0.15, 0.2) is 0 Å². The number of aromatic amines is 1. The summed E-state index contributed by atoms with van der Waals surface area (Å²) in [6, 6.07) is 13.8. The number of aromatic nitrogens is 2. The largest absolute Gasteiger partial charge is 0.495 e. The minimum atomic E-state index is 0.649. The van der Waals surface area contributed by atoms with E-state index < -0.39 is 0 Å². The lowest BCUT2D eigenvalue weighted by Crippen LogP contribution is -1.96. The molecule has 0 spiro atoms. The first-order valence-electron chi connectivity index (χ1n) is 6.12. The summed E-state index contributed by atoms with van der Waals surface area (Å²) in [6.07, 6.45) is 0.725. The topological polar surface area (TPSA) is 63.9 Å². The normalized spacial score (nSPS) is 10.8. The Kier molecular flexibility index (Phi) is 2.83. The third-order valence-corrected chi connectivity index (χ3v) is 3.10. The molecule has 3 rings (SSSR count). The van der Waals surface area contributed by atoms with Gasteiger partial charge in [-0.2, -0.15) is 0 Å². The molecule has 0 atom stereocenters. The van der Waals surface area contributed by atoms with Crippen molar-refractivity contribution in [3.05, 3.63) is 53.9 Å². The fourth-order valence-corrected chi connectivity index (χ4v) is 2.18. The fourth-order valence-electron chi connectivity index (χ4n) is 2.18. The molecule has 19 heavy (non-hydrogen) atoms. The van der Waals surface area contributed by atoms with E-state index in [4.69, 9.17) is 10.5 Å². The Balaban J connectivity index is 1.90. The summed E-state index contributed by atoms with van der Waals surface area (Å²) in [4.78, 5) is 7.86. The van der Waals surface area contributed by atoms with Gasteiger partial charge in [0.05, 0.1) is 23.8 Å². The minimum absolute atomic E-state index is 0.649. The molecule has 0 radical (unpaired) electrons. The number of nitrogens with two attached hydrogens (primary N) is 1. The van der Waals surface area contributed by atoms with E-state index in [0.717, 1.165) is 28.8 Å². The summed E-state index contributed by atoms with van der Waals surface area (Å²) in [5.74, 6) is 1.64. The maximum atomic E-state index is 5.91. The van der Waals surface area contributed by atoms with E-state index in [9.17, 15) is 0 Å². The van der Waals surface area contributed by atoms with Crippen molar-refractivity contribution >= 4 is 16.7 Å². The molecule has 0 fully saturated rings. The average molecular weight is 253 g/mol. The Morgan fingerprint density at radius 1 is 1.21 bits per heavy atom. The highest BCUT2D eigenvalue weighted by atomic mass is 16.5. The van der Waals surface area contributed by atoms with Gasteiger partial charge in [-0.1, -0.05) is 18.2 Å². The number of nitrogens with zero attached hydrogens (tertiary/aromatic N) is 1. The summed E-state index contributed by atoms with van der Waals surface area (Å²) in [7, 11) is 1.62. The number of methoxy groups -OCH3 is 1. The van der Waals surface area contributed by atoms with E-state index in [-0.39, 0.29) is 0 Å². The van der Waals surface area contributed by atoms with Crippen molar-refractivity contribution < 1.29 is 4.74 Å². The number of hydrogen-bond donors (Lipinski definition) is 2. The van der Waals surface area contributed by atoms with Crippen molar-refractivity contribution in [2.75, 3.05) is 12.8 Å². The number of imidazole rings is 1. The molecule has 3 aromatic rings. The van der Waals surface area contributed by atoms with Crippen LogP contribution >= 0.6 is 0 Å². The summed E-state index contributed by atoms with van der Waals surface area (Å²) in [5, 5.41) is 0. The maximum Gasteiger partial charge on any atom is 0.141 e. The van der Waals surface area contributed by atoms with Crippen LogP contribution < -0.4 is 10.5 Å². The van der Waals surface area contributed by atoms with Crippen LogP contribution in [0.15, 0.2) is 42.5 Å². The second-order valence-corrected chi connectivity index (χ2v) is 4.45. The number of H-pyrrole nitrogens is 1. The van der Waals surface area contributed by atoms with Crippen molar-refractivity contribution in [1.29, 1.82) is 0 Å².